The zero-order chi connectivity index (χ0) is 23.5. The molecule has 1 aromatic heterocycles. The van der Waals surface area contributed by atoms with Crippen LogP contribution >= 0.6 is 15.9 Å². The molecule has 0 radical (unpaired) electrons. The fraction of sp³-hybridized carbons (Fsp3) is 0.407. The quantitative estimate of drug-likeness (QED) is 0.398. The maximum absolute atomic E-state index is 12.7. The number of aromatic nitrogens is 2. The zero-order valence-corrected chi connectivity index (χ0v) is 21.4. The molecule has 6 heteroatoms. The number of aromatic amines is 1. The predicted molar refractivity (Wildman–Crippen MR) is 134 cm³/mol. The second kappa shape index (κ2) is 7.73. The molecule has 172 valence electrons. The number of likely N-dealkylation sites (tertiary alicyclic amines) is 1. The molecule has 1 fully saturated rings. The van der Waals surface area contributed by atoms with Crippen LogP contribution in [0.25, 0.3) is 22.4 Å². The van der Waals surface area contributed by atoms with Crippen molar-refractivity contribution in [1.82, 2.24) is 14.9 Å². The second-order valence-electron chi connectivity index (χ2n) is 10.6. The molecule has 0 spiro atoms. The van der Waals surface area contributed by atoms with Crippen LogP contribution in [-0.4, -0.2) is 33.1 Å². The average molecular weight is 508 g/mol. The van der Waals surface area contributed by atoms with Gasteiger partial charge < -0.3 is 9.72 Å². The van der Waals surface area contributed by atoms with Crippen LogP contribution in [0.1, 0.15) is 70.5 Å². The average Bonchev–Trinajstić information content (AvgIpc) is 3.45. The van der Waals surface area contributed by atoms with Gasteiger partial charge in [0.25, 0.3) is 0 Å². The molecule has 1 amide bonds. The van der Waals surface area contributed by atoms with Gasteiger partial charge in [-0.15, -0.1) is 0 Å². The molecule has 1 unspecified atom stereocenters. The van der Waals surface area contributed by atoms with E-state index in [1.165, 1.54) is 22.3 Å². The summed E-state index contributed by atoms with van der Waals surface area (Å²) in [4.78, 5) is 22.7. The molecule has 0 bridgehead atoms. The van der Waals surface area contributed by atoms with Crippen molar-refractivity contribution >= 4 is 22.0 Å². The summed E-state index contributed by atoms with van der Waals surface area (Å²) in [6.45, 7) is 10.9. The molecule has 5 nitrogen and oxygen atoms in total. The largest absolute Gasteiger partial charge is 0.444 e. The topological polar surface area (TPSA) is 58.2 Å². The van der Waals surface area contributed by atoms with Gasteiger partial charge in [-0.3, -0.25) is 4.90 Å². The van der Waals surface area contributed by atoms with Crippen LogP contribution in [0.2, 0.25) is 0 Å². The first-order valence-electron chi connectivity index (χ1n) is 11.5. The number of hydrogen-bond donors (Lipinski definition) is 1. The number of nitrogens with zero attached hydrogens (tertiary/aromatic N) is 2. The van der Waals surface area contributed by atoms with E-state index in [4.69, 9.17) is 4.74 Å². The van der Waals surface area contributed by atoms with Crippen molar-refractivity contribution in [3.63, 3.8) is 0 Å². The van der Waals surface area contributed by atoms with Gasteiger partial charge in [-0.05, 0) is 79.6 Å². The highest BCUT2D eigenvalue weighted by atomic mass is 79.9. The number of rotatable bonds is 2. The number of hydrogen-bond acceptors (Lipinski definition) is 3. The van der Waals surface area contributed by atoms with E-state index in [1.54, 1.807) is 4.90 Å². The van der Waals surface area contributed by atoms with E-state index in [0.717, 1.165) is 34.4 Å². The van der Waals surface area contributed by atoms with Crippen LogP contribution in [-0.2, 0) is 10.2 Å². The fourth-order valence-corrected chi connectivity index (χ4v) is 5.48. The van der Waals surface area contributed by atoms with Crippen LogP contribution in [0.4, 0.5) is 4.79 Å². The molecule has 5 rings (SSSR count). The Morgan fingerprint density at radius 1 is 1.15 bits per heavy atom. The van der Waals surface area contributed by atoms with Gasteiger partial charge in [0.2, 0.25) is 0 Å². The molecule has 1 aliphatic heterocycles. The van der Waals surface area contributed by atoms with Gasteiger partial charge in [0.15, 0.2) is 0 Å². The Morgan fingerprint density at radius 3 is 2.58 bits per heavy atom. The van der Waals surface area contributed by atoms with Gasteiger partial charge >= 0.3 is 6.09 Å². The van der Waals surface area contributed by atoms with Gasteiger partial charge in [-0.25, -0.2) is 9.78 Å². The minimum atomic E-state index is -0.511. The van der Waals surface area contributed by atoms with Crippen molar-refractivity contribution in [2.75, 3.05) is 6.54 Å². The highest BCUT2D eigenvalue weighted by molar-refractivity contribution is 9.10. The molecule has 1 atom stereocenters. The number of ether oxygens (including phenoxy) is 1. The summed E-state index contributed by atoms with van der Waals surface area (Å²) in [6.07, 6.45) is 3.44. The Bertz CT molecular complexity index is 1240. The zero-order valence-electron chi connectivity index (χ0n) is 19.8. The van der Waals surface area contributed by atoms with E-state index in [1.807, 2.05) is 27.0 Å². The molecule has 1 aliphatic carbocycles. The van der Waals surface area contributed by atoms with Crippen molar-refractivity contribution in [3.8, 4) is 22.4 Å². The number of H-pyrrole nitrogens is 1. The summed E-state index contributed by atoms with van der Waals surface area (Å²) in [6, 6.07) is 13.1. The standard InChI is InChI=1S/C27H30BrN3O2/c1-26(2,3)33-25(32)31-12-6-7-23(31)24-29-15-22(30-24)16-8-10-18-19-11-9-17(28)14-21(19)27(4,5)20(18)13-16/h8-11,13-15,23H,6-7,12H2,1-5H3,(H,29,30). The maximum atomic E-state index is 12.7. The summed E-state index contributed by atoms with van der Waals surface area (Å²) >= 11 is 3.63. The van der Waals surface area contributed by atoms with Crippen molar-refractivity contribution in [3.05, 3.63) is 64.0 Å². The monoisotopic (exact) mass is 507 g/mol. The van der Waals surface area contributed by atoms with Crippen molar-refractivity contribution in [2.24, 2.45) is 0 Å². The maximum Gasteiger partial charge on any atom is 0.410 e. The minimum Gasteiger partial charge on any atom is -0.444 e. The molecule has 3 aromatic rings. The normalized spacial score (nSPS) is 18.8. The molecule has 2 aliphatic rings. The van der Waals surface area contributed by atoms with Gasteiger partial charge in [-0.1, -0.05) is 48.0 Å². The Balaban J connectivity index is 1.44. The second-order valence-corrected chi connectivity index (χ2v) is 11.5. The number of carbonyl (C=O) groups is 1. The first kappa shape index (κ1) is 22.2. The van der Waals surface area contributed by atoms with Gasteiger partial charge in [0, 0.05) is 16.4 Å². The lowest BCUT2D eigenvalue weighted by atomic mass is 9.82. The highest BCUT2D eigenvalue weighted by Crippen LogP contribution is 2.50. The third-order valence-electron chi connectivity index (χ3n) is 6.74. The number of nitrogens with one attached hydrogen (secondary N) is 1. The summed E-state index contributed by atoms with van der Waals surface area (Å²) in [7, 11) is 0. The summed E-state index contributed by atoms with van der Waals surface area (Å²) in [5.74, 6) is 0.820. The lowest BCUT2D eigenvalue weighted by Gasteiger charge is -2.27. The molecule has 1 saturated heterocycles. The molecule has 33 heavy (non-hydrogen) atoms. The third-order valence-corrected chi connectivity index (χ3v) is 7.23. The lowest BCUT2D eigenvalue weighted by Crippen LogP contribution is -2.36. The summed E-state index contributed by atoms with van der Waals surface area (Å²) < 4.78 is 6.72. The number of benzene rings is 2. The van der Waals surface area contributed by atoms with Crippen LogP contribution < -0.4 is 0 Å². The van der Waals surface area contributed by atoms with Gasteiger partial charge in [0.05, 0.1) is 17.9 Å². The lowest BCUT2D eigenvalue weighted by molar-refractivity contribution is 0.0218. The van der Waals surface area contributed by atoms with Crippen LogP contribution in [0, 0.1) is 0 Å². The summed E-state index contributed by atoms with van der Waals surface area (Å²) in [5.41, 5.74) is 6.74. The van der Waals surface area contributed by atoms with Gasteiger partial charge in [0.1, 0.15) is 11.4 Å². The van der Waals surface area contributed by atoms with E-state index in [9.17, 15) is 4.79 Å². The number of carbonyl (C=O) groups excluding carboxylic acids is 1. The van der Waals surface area contributed by atoms with E-state index < -0.39 is 5.60 Å². The van der Waals surface area contributed by atoms with E-state index >= 15 is 0 Å². The Kier molecular flexibility index (Phi) is 5.20. The highest BCUT2D eigenvalue weighted by Gasteiger charge is 2.37. The first-order chi connectivity index (χ1) is 15.5. The van der Waals surface area contributed by atoms with Crippen LogP contribution in [0.3, 0.4) is 0 Å². The Labute approximate surface area is 203 Å². The summed E-state index contributed by atoms with van der Waals surface area (Å²) in [5, 5.41) is 0. The van der Waals surface area contributed by atoms with E-state index in [-0.39, 0.29) is 17.6 Å². The number of amides is 1. The number of fused-ring (bicyclic) bond motifs is 3. The molecular formula is C27H30BrN3O2. The predicted octanol–water partition coefficient (Wildman–Crippen LogP) is 7.22. The fourth-order valence-electron chi connectivity index (χ4n) is 5.12. The third kappa shape index (κ3) is 3.88. The molecule has 2 aromatic carbocycles. The molecule has 2 heterocycles. The smallest absolute Gasteiger partial charge is 0.410 e. The molecule has 0 saturated carbocycles. The SMILES string of the molecule is CC(C)(C)OC(=O)N1CCCC1c1ncc(-c2ccc3c(c2)C(C)(C)c2cc(Br)ccc2-3)[nH]1. The van der Waals surface area contributed by atoms with Crippen molar-refractivity contribution < 1.29 is 9.53 Å². The van der Waals surface area contributed by atoms with E-state index in [2.05, 4.69) is 76.1 Å². The Hall–Kier alpha value is -2.60. The van der Waals surface area contributed by atoms with Gasteiger partial charge in [-0.2, -0.15) is 0 Å². The minimum absolute atomic E-state index is 0.0771. The van der Waals surface area contributed by atoms with Crippen molar-refractivity contribution in [2.45, 2.75) is 64.5 Å². The molecule has 1 N–H and O–H groups in total. The van der Waals surface area contributed by atoms with Crippen molar-refractivity contribution in [1.29, 1.82) is 0 Å². The Morgan fingerprint density at radius 2 is 1.85 bits per heavy atom. The first-order valence-corrected chi connectivity index (χ1v) is 12.3. The number of imidazole rings is 1. The van der Waals surface area contributed by atoms with Crippen LogP contribution in [0.5, 0.6) is 0 Å². The number of halogens is 1. The van der Waals surface area contributed by atoms with E-state index in [0.29, 0.717) is 6.54 Å². The van der Waals surface area contributed by atoms with Crippen LogP contribution in [0.15, 0.2) is 47.1 Å². The molecular weight excluding hydrogens is 478 g/mol.